The summed E-state index contributed by atoms with van der Waals surface area (Å²) >= 11 is 0. The monoisotopic (exact) mass is 362 g/mol. The second kappa shape index (κ2) is 8.02. The van der Waals surface area contributed by atoms with Gasteiger partial charge in [-0.1, -0.05) is 30.3 Å². The summed E-state index contributed by atoms with van der Waals surface area (Å²) in [5.41, 5.74) is 1.66. The summed E-state index contributed by atoms with van der Waals surface area (Å²) in [6.07, 6.45) is 1.09. The van der Waals surface area contributed by atoms with Gasteiger partial charge in [0.2, 0.25) is 10.0 Å². The van der Waals surface area contributed by atoms with Gasteiger partial charge in [-0.05, 0) is 30.7 Å². The standard InChI is InChI=1S/C18H22N2O4S/c1-14-8-4-7-11-17(14)24-13-12-19-18(21)15-9-5-6-10-16(15)20(2)25(3,22)23/h4-11H,12-13H2,1-3H3,(H,19,21). The van der Waals surface area contributed by atoms with Gasteiger partial charge in [0.25, 0.3) is 5.91 Å². The van der Waals surface area contributed by atoms with E-state index in [2.05, 4.69) is 5.32 Å². The summed E-state index contributed by atoms with van der Waals surface area (Å²) in [6, 6.07) is 14.2. The van der Waals surface area contributed by atoms with Crippen LogP contribution in [0.25, 0.3) is 0 Å². The Morgan fingerprint density at radius 3 is 2.44 bits per heavy atom. The molecule has 2 aromatic rings. The van der Waals surface area contributed by atoms with Crippen molar-refractivity contribution in [1.82, 2.24) is 5.32 Å². The lowest BCUT2D eigenvalue weighted by molar-refractivity contribution is 0.0947. The second-order valence-corrected chi connectivity index (χ2v) is 7.63. The minimum Gasteiger partial charge on any atom is -0.491 e. The molecule has 0 bridgehead atoms. The Hall–Kier alpha value is -2.54. The van der Waals surface area contributed by atoms with Crippen LogP contribution in [-0.4, -0.2) is 40.8 Å². The predicted octanol–water partition coefficient (Wildman–Crippen LogP) is 2.20. The van der Waals surface area contributed by atoms with Crippen LogP contribution >= 0.6 is 0 Å². The number of benzene rings is 2. The van der Waals surface area contributed by atoms with Crippen molar-refractivity contribution >= 4 is 21.6 Å². The topological polar surface area (TPSA) is 75.7 Å². The minimum absolute atomic E-state index is 0.298. The molecular weight excluding hydrogens is 340 g/mol. The third-order valence-corrected chi connectivity index (χ3v) is 4.92. The molecule has 0 aliphatic rings. The molecule has 0 spiro atoms. The zero-order valence-corrected chi connectivity index (χ0v) is 15.3. The van der Waals surface area contributed by atoms with Gasteiger partial charge in [-0.25, -0.2) is 8.42 Å². The van der Waals surface area contributed by atoms with Crippen molar-refractivity contribution in [3.05, 3.63) is 59.7 Å². The van der Waals surface area contributed by atoms with Gasteiger partial charge in [-0.3, -0.25) is 9.10 Å². The second-order valence-electron chi connectivity index (χ2n) is 5.62. The molecule has 0 unspecified atom stereocenters. The molecule has 7 heteroatoms. The van der Waals surface area contributed by atoms with Gasteiger partial charge >= 0.3 is 0 Å². The molecule has 6 nitrogen and oxygen atoms in total. The fourth-order valence-electron chi connectivity index (χ4n) is 2.26. The molecule has 0 aliphatic carbocycles. The van der Waals surface area contributed by atoms with Crippen LogP contribution in [0, 0.1) is 6.92 Å². The summed E-state index contributed by atoms with van der Waals surface area (Å²) < 4.78 is 30.2. The van der Waals surface area contributed by atoms with Crippen molar-refractivity contribution in [2.75, 3.05) is 30.8 Å². The minimum atomic E-state index is -3.45. The number of nitrogens with one attached hydrogen (secondary N) is 1. The van der Waals surface area contributed by atoms with Crippen LogP contribution in [0.15, 0.2) is 48.5 Å². The van der Waals surface area contributed by atoms with Gasteiger partial charge < -0.3 is 10.1 Å². The summed E-state index contributed by atoms with van der Waals surface area (Å²) in [4.78, 5) is 12.4. The van der Waals surface area contributed by atoms with Gasteiger partial charge in [0.05, 0.1) is 24.1 Å². The SMILES string of the molecule is Cc1ccccc1OCCNC(=O)c1ccccc1N(C)S(C)(=O)=O. The van der Waals surface area contributed by atoms with Crippen LogP contribution in [0.4, 0.5) is 5.69 Å². The zero-order valence-electron chi connectivity index (χ0n) is 14.5. The van der Waals surface area contributed by atoms with E-state index in [1.807, 2.05) is 31.2 Å². The van der Waals surface area contributed by atoms with Crippen molar-refractivity contribution < 1.29 is 17.9 Å². The Labute approximate surface area is 148 Å². The lowest BCUT2D eigenvalue weighted by Gasteiger charge is -2.19. The van der Waals surface area contributed by atoms with Gasteiger partial charge in [-0.2, -0.15) is 0 Å². The number of nitrogens with zero attached hydrogens (tertiary/aromatic N) is 1. The molecule has 0 saturated heterocycles. The molecule has 1 N–H and O–H groups in total. The van der Waals surface area contributed by atoms with E-state index in [0.717, 1.165) is 21.9 Å². The lowest BCUT2D eigenvalue weighted by atomic mass is 10.1. The average Bonchev–Trinajstić information content (AvgIpc) is 2.58. The number of amides is 1. The molecule has 134 valence electrons. The van der Waals surface area contributed by atoms with Gasteiger partial charge in [0.15, 0.2) is 0 Å². The van der Waals surface area contributed by atoms with Crippen molar-refractivity contribution in [1.29, 1.82) is 0 Å². The van der Waals surface area contributed by atoms with Crippen LogP contribution in [0.1, 0.15) is 15.9 Å². The number of ether oxygens (including phenoxy) is 1. The van der Waals surface area contributed by atoms with Crippen molar-refractivity contribution in [2.45, 2.75) is 6.92 Å². The van der Waals surface area contributed by atoms with E-state index in [-0.39, 0.29) is 5.91 Å². The first-order valence-electron chi connectivity index (χ1n) is 7.80. The molecule has 0 saturated carbocycles. The molecule has 0 heterocycles. The average molecular weight is 362 g/mol. The molecule has 25 heavy (non-hydrogen) atoms. The molecule has 0 aromatic heterocycles. The van der Waals surface area contributed by atoms with Crippen LogP contribution in [-0.2, 0) is 10.0 Å². The number of para-hydroxylation sites is 2. The maximum Gasteiger partial charge on any atom is 0.253 e. The highest BCUT2D eigenvalue weighted by Gasteiger charge is 2.19. The summed E-state index contributed by atoms with van der Waals surface area (Å²) in [5.74, 6) is 0.424. The Kier molecular flexibility index (Phi) is 6.03. The first-order chi connectivity index (χ1) is 11.8. The fourth-order valence-corrected chi connectivity index (χ4v) is 2.77. The Morgan fingerprint density at radius 1 is 1.12 bits per heavy atom. The van der Waals surface area contributed by atoms with E-state index in [0.29, 0.717) is 24.4 Å². The quantitative estimate of drug-likeness (QED) is 0.766. The van der Waals surface area contributed by atoms with Crippen molar-refractivity contribution in [2.24, 2.45) is 0 Å². The Balaban J connectivity index is 1.99. The van der Waals surface area contributed by atoms with E-state index in [1.165, 1.54) is 7.05 Å². The highest BCUT2D eigenvalue weighted by atomic mass is 32.2. The van der Waals surface area contributed by atoms with E-state index < -0.39 is 10.0 Å². The molecule has 0 aliphatic heterocycles. The van der Waals surface area contributed by atoms with Crippen LogP contribution in [0.3, 0.4) is 0 Å². The maximum atomic E-state index is 12.4. The van der Waals surface area contributed by atoms with Crippen molar-refractivity contribution in [3.63, 3.8) is 0 Å². The summed E-state index contributed by atoms with van der Waals surface area (Å²) in [5, 5.41) is 2.75. The molecule has 2 rings (SSSR count). The number of aryl methyl sites for hydroxylation is 1. The van der Waals surface area contributed by atoms with E-state index >= 15 is 0 Å². The Bertz CT molecular complexity index is 850. The molecule has 0 atom stereocenters. The van der Waals surface area contributed by atoms with Crippen LogP contribution in [0.5, 0.6) is 5.75 Å². The third-order valence-electron chi connectivity index (χ3n) is 3.72. The number of rotatable bonds is 7. The van der Waals surface area contributed by atoms with Crippen LogP contribution in [0.2, 0.25) is 0 Å². The summed E-state index contributed by atoms with van der Waals surface area (Å²) in [6.45, 7) is 2.58. The molecular formula is C18H22N2O4S. The molecule has 1 amide bonds. The number of carbonyl (C=O) groups is 1. The van der Waals surface area contributed by atoms with E-state index in [1.54, 1.807) is 24.3 Å². The number of anilines is 1. The third kappa shape index (κ3) is 4.96. The van der Waals surface area contributed by atoms with E-state index in [4.69, 9.17) is 4.74 Å². The highest BCUT2D eigenvalue weighted by molar-refractivity contribution is 7.92. The number of carbonyl (C=O) groups excluding carboxylic acids is 1. The first-order valence-corrected chi connectivity index (χ1v) is 9.65. The predicted molar refractivity (Wildman–Crippen MR) is 98.7 cm³/mol. The van der Waals surface area contributed by atoms with Gasteiger partial charge in [0, 0.05) is 7.05 Å². The summed E-state index contributed by atoms with van der Waals surface area (Å²) in [7, 11) is -2.03. The van der Waals surface area contributed by atoms with Crippen molar-refractivity contribution in [3.8, 4) is 5.75 Å². The highest BCUT2D eigenvalue weighted by Crippen LogP contribution is 2.21. The van der Waals surface area contributed by atoms with Gasteiger partial charge in [-0.15, -0.1) is 0 Å². The number of hydrogen-bond acceptors (Lipinski definition) is 4. The Morgan fingerprint density at radius 2 is 1.76 bits per heavy atom. The normalized spacial score (nSPS) is 11.0. The van der Waals surface area contributed by atoms with Crippen LogP contribution < -0.4 is 14.4 Å². The van der Waals surface area contributed by atoms with Gasteiger partial charge in [0.1, 0.15) is 12.4 Å². The maximum absolute atomic E-state index is 12.4. The molecule has 2 aromatic carbocycles. The number of hydrogen-bond donors (Lipinski definition) is 1. The molecule has 0 fully saturated rings. The first kappa shape index (κ1) is 18.8. The molecule has 0 radical (unpaired) electrons. The lowest BCUT2D eigenvalue weighted by Crippen LogP contribution is -2.31. The number of sulfonamides is 1. The smallest absolute Gasteiger partial charge is 0.253 e. The fraction of sp³-hybridized carbons (Fsp3) is 0.278. The zero-order chi connectivity index (χ0) is 18.4. The largest absolute Gasteiger partial charge is 0.491 e. The van der Waals surface area contributed by atoms with E-state index in [9.17, 15) is 13.2 Å².